The summed E-state index contributed by atoms with van der Waals surface area (Å²) in [6.07, 6.45) is -5.10. The zero-order valence-electron chi connectivity index (χ0n) is 7.01. The van der Waals surface area contributed by atoms with Crippen molar-refractivity contribution in [1.29, 1.82) is 0 Å². The molecule has 0 aromatic heterocycles. The maximum atomic E-state index is 12.0. The van der Waals surface area contributed by atoms with Gasteiger partial charge in [-0.3, -0.25) is 9.83 Å². The Bertz CT molecular complexity index is 258. The summed E-state index contributed by atoms with van der Waals surface area (Å²) in [6.45, 7) is 1.55. The van der Waals surface area contributed by atoms with Gasteiger partial charge in [0.05, 0.1) is 0 Å². The summed E-state index contributed by atoms with van der Waals surface area (Å²) in [5.74, 6) is -1.16. The lowest BCUT2D eigenvalue weighted by molar-refractivity contribution is -0.0765. The molecule has 1 heterocycles. The SMILES string of the molecule is CN=C1N=C(C(F)(F)F)NO[C@H]1C. The van der Waals surface area contributed by atoms with E-state index in [2.05, 4.69) is 14.8 Å². The van der Waals surface area contributed by atoms with E-state index in [1.54, 1.807) is 12.4 Å². The molecule has 4 nitrogen and oxygen atoms in total. The fraction of sp³-hybridized carbons (Fsp3) is 0.667. The third kappa shape index (κ3) is 2.18. The summed E-state index contributed by atoms with van der Waals surface area (Å²) in [5.41, 5.74) is 1.72. The Labute approximate surface area is 72.5 Å². The smallest absolute Gasteiger partial charge is 0.271 e. The average molecular weight is 195 g/mol. The second-order valence-corrected chi connectivity index (χ2v) is 2.40. The summed E-state index contributed by atoms with van der Waals surface area (Å²) < 4.78 is 36.1. The molecular weight excluding hydrogens is 187 g/mol. The van der Waals surface area contributed by atoms with Crippen LogP contribution in [0.15, 0.2) is 9.98 Å². The van der Waals surface area contributed by atoms with Crippen LogP contribution in [0.4, 0.5) is 13.2 Å². The molecule has 0 amide bonds. The van der Waals surface area contributed by atoms with Crippen molar-refractivity contribution in [1.82, 2.24) is 5.48 Å². The summed E-state index contributed by atoms with van der Waals surface area (Å²) in [7, 11) is 1.36. The number of aliphatic imine (C=N–C) groups is 2. The minimum Gasteiger partial charge on any atom is -0.271 e. The first-order chi connectivity index (χ1) is 5.95. The first-order valence-corrected chi connectivity index (χ1v) is 3.49. The normalized spacial score (nSPS) is 27.0. The molecule has 74 valence electrons. The van der Waals surface area contributed by atoms with Crippen LogP contribution in [0.2, 0.25) is 0 Å². The number of hydrogen-bond donors (Lipinski definition) is 1. The van der Waals surface area contributed by atoms with E-state index in [0.29, 0.717) is 0 Å². The molecule has 0 spiro atoms. The van der Waals surface area contributed by atoms with Crippen molar-refractivity contribution < 1.29 is 18.0 Å². The van der Waals surface area contributed by atoms with Gasteiger partial charge in [-0.15, -0.1) is 0 Å². The molecule has 0 saturated carbocycles. The van der Waals surface area contributed by atoms with Crippen LogP contribution in [-0.2, 0) is 4.84 Å². The highest BCUT2D eigenvalue weighted by molar-refractivity contribution is 6.02. The van der Waals surface area contributed by atoms with Gasteiger partial charge in [0.25, 0.3) is 0 Å². The van der Waals surface area contributed by atoms with Gasteiger partial charge in [-0.2, -0.15) is 13.2 Å². The largest absolute Gasteiger partial charge is 0.451 e. The predicted molar refractivity (Wildman–Crippen MR) is 40.5 cm³/mol. The predicted octanol–water partition coefficient (Wildman–Crippen LogP) is 0.899. The molecule has 1 atom stereocenters. The van der Waals surface area contributed by atoms with Crippen LogP contribution in [0.1, 0.15) is 6.92 Å². The molecule has 0 aromatic rings. The van der Waals surface area contributed by atoms with Crippen LogP contribution in [0.5, 0.6) is 0 Å². The molecule has 1 aliphatic rings. The Kier molecular flexibility index (Phi) is 2.55. The van der Waals surface area contributed by atoms with E-state index in [0.717, 1.165) is 0 Å². The van der Waals surface area contributed by atoms with Gasteiger partial charge in [0.2, 0.25) is 5.84 Å². The molecule has 0 fully saturated rings. The molecule has 0 aromatic carbocycles. The van der Waals surface area contributed by atoms with Gasteiger partial charge in [0.1, 0.15) is 6.10 Å². The standard InChI is InChI=1S/C6H8F3N3O/c1-3-4(10-2)11-5(12-13-3)6(7,8)9/h3H,1-2H3,(H,10,11,12)/t3-/m0/s1. The quantitative estimate of drug-likeness (QED) is 0.624. The minimum absolute atomic E-state index is 0.0195. The maximum absolute atomic E-state index is 12.0. The van der Waals surface area contributed by atoms with Gasteiger partial charge in [-0.25, -0.2) is 10.5 Å². The van der Waals surface area contributed by atoms with Crippen molar-refractivity contribution in [3.05, 3.63) is 0 Å². The van der Waals surface area contributed by atoms with Gasteiger partial charge in [0.15, 0.2) is 5.84 Å². The van der Waals surface area contributed by atoms with E-state index < -0.39 is 18.1 Å². The fourth-order valence-electron chi connectivity index (χ4n) is 0.778. The summed E-state index contributed by atoms with van der Waals surface area (Å²) >= 11 is 0. The first kappa shape index (κ1) is 9.97. The van der Waals surface area contributed by atoms with Crippen molar-refractivity contribution in [3.63, 3.8) is 0 Å². The Morgan fingerprint density at radius 3 is 2.62 bits per heavy atom. The Morgan fingerprint density at radius 1 is 1.54 bits per heavy atom. The lowest BCUT2D eigenvalue weighted by Gasteiger charge is -2.21. The Hall–Kier alpha value is -1.11. The van der Waals surface area contributed by atoms with E-state index in [1.807, 2.05) is 0 Å². The van der Waals surface area contributed by atoms with Crippen LogP contribution < -0.4 is 5.48 Å². The molecule has 0 radical (unpaired) electrons. The molecule has 0 saturated heterocycles. The third-order valence-corrected chi connectivity index (χ3v) is 1.42. The lowest BCUT2D eigenvalue weighted by atomic mass is 10.3. The average Bonchev–Trinajstić information content (AvgIpc) is 2.03. The van der Waals surface area contributed by atoms with Crippen LogP contribution in [0.3, 0.4) is 0 Å². The summed E-state index contributed by atoms with van der Waals surface area (Å²) in [5, 5.41) is 0. The van der Waals surface area contributed by atoms with Crippen LogP contribution >= 0.6 is 0 Å². The van der Waals surface area contributed by atoms with Gasteiger partial charge >= 0.3 is 6.18 Å². The zero-order valence-corrected chi connectivity index (χ0v) is 7.01. The molecule has 1 rings (SSSR count). The van der Waals surface area contributed by atoms with Crippen LogP contribution in [0.25, 0.3) is 0 Å². The molecular formula is C6H8F3N3O. The van der Waals surface area contributed by atoms with Crippen molar-refractivity contribution in [2.45, 2.75) is 19.2 Å². The lowest BCUT2D eigenvalue weighted by Crippen LogP contribution is -2.45. The maximum Gasteiger partial charge on any atom is 0.451 e. The van der Waals surface area contributed by atoms with E-state index in [1.165, 1.54) is 7.05 Å². The van der Waals surface area contributed by atoms with Crippen LogP contribution in [-0.4, -0.2) is 31.0 Å². The molecule has 1 aliphatic heterocycles. The van der Waals surface area contributed by atoms with E-state index in [-0.39, 0.29) is 5.84 Å². The van der Waals surface area contributed by atoms with Crippen molar-refractivity contribution in [3.8, 4) is 0 Å². The number of halogens is 3. The highest BCUT2D eigenvalue weighted by Crippen LogP contribution is 2.18. The molecule has 1 N–H and O–H groups in total. The summed E-state index contributed by atoms with van der Waals surface area (Å²) in [6, 6.07) is 0. The van der Waals surface area contributed by atoms with Crippen LogP contribution in [0, 0.1) is 0 Å². The number of amidine groups is 2. The van der Waals surface area contributed by atoms with Crippen molar-refractivity contribution >= 4 is 11.7 Å². The summed E-state index contributed by atoms with van der Waals surface area (Å²) in [4.78, 5) is 11.4. The van der Waals surface area contributed by atoms with E-state index >= 15 is 0 Å². The topological polar surface area (TPSA) is 46.0 Å². The second kappa shape index (κ2) is 3.33. The van der Waals surface area contributed by atoms with Crippen molar-refractivity contribution in [2.24, 2.45) is 9.98 Å². The Balaban J connectivity index is 2.92. The number of hydroxylamine groups is 1. The Morgan fingerprint density at radius 2 is 2.15 bits per heavy atom. The molecule has 0 bridgehead atoms. The highest BCUT2D eigenvalue weighted by atomic mass is 19.4. The second-order valence-electron chi connectivity index (χ2n) is 2.40. The number of nitrogens with zero attached hydrogens (tertiary/aromatic N) is 2. The zero-order chi connectivity index (χ0) is 10.1. The van der Waals surface area contributed by atoms with Crippen molar-refractivity contribution in [2.75, 3.05) is 7.05 Å². The number of rotatable bonds is 0. The molecule has 0 aliphatic carbocycles. The molecule has 13 heavy (non-hydrogen) atoms. The van der Waals surface area contributed by atoms with Gasteiger partial charge < -0.3 is 0 Å². The number of hydrogen-bond acceptors (Lipinski definition) is 3. The van der Waals surface area contributed by atoms with Gasteiger partial charge in [-0.1, -0.05) is 0 Å². The molecule has 7 heteroatoms. The third-order valence-electron chi connectivity index (χ3n) is 1.42. The number of nitrogens with one attached hydrogen (secondary N) is 1. The van der Waals surface area contributed by atoms with E-state index in [4.69, 9.17) is 0 Å². The highest BCUT2D eigenvalue weighted by Gasteiger charge is 2.39. The molecule has 0 unspecified atom stereocenters. The minimum atomic E-state index is -4.53. The van der Waals surface area contributed by atoms with E-state index in [9.17, 15) is 13.2 Å². The first-order valence-electron chi connectivity index (χ1n) is 3.49. The monoisotopic (exact) mass is 195 g/mol. The number of alkyl halides is 3. The van der Waals surface area contributed by atoms with Gasteiger partial charge in [-0.05, 0) is 6.92 Å². The van der Waals surface area contributed by atoms with Gasteiger partial charge in [0, 0.05) is 7.05 Å². The fourth-order valence-corrected chi connectivity index (χ4v) is 0.778.